The largest absolute Gasteiger partial charge is 0.445 e. The molecule has 2 aromatic rings. The molecule has 1 N–H and O–H groups in total. The molecule has 90 valence electrons. The lowest BCUT2D eigenvalue weighted by Gasteiger charge is -2.15. The van der Waals surface area contributed by atoms with Crippen molar-refractivity contribution in [3.05, 3.63) is 47.4 Å². The summed E-state index contributed by atoms with van der Waals surface area (Å²) >= 11 is 0. The van der Waals surface area contributed by atoms with Crippen LogP contribution in [-0.2, 0) is 6.54 Å². The Hall–Kier alpha value is -1.68. The number of nitrogens with one attached hydrogen (secondary N) is 1. The summed E-state index contributed by atoms with van der Waals surface area (Å²) in [5, 5.41) is 3.41. The summed E-state index contributed by atoms with van der Waals surface area (Å²) in [5.41, 5.74) is 2.46. The molecule has 0 fully saturated rings. The quantitative estimate of drug-likeness (QED) is 0.878. The zero-order valence-corrected chi connectivity index (χ0v) is 10.4. The molecule has 0 aliphatic carbocycles. The summed E-state index contributed by atoms with van der Waals surface area (Å²) in [4.78, 5) is 8.16. The summed E-state index contributed by atoms with van der Waals surface area (Å²) in [5.74, 6) is 1.57. The fourth-order valence-corrected chi connectivity index (χ4v) is 1.82. The van der Waals surface area contributed by atoms with Crippen molar-refractivity contribution < 1.29 is 4.42 Å². The van der Waals surface area contributed by atoms with E-state index in [1.807, 2.05) is 25.4 Å². The van der Waals surface area contributed by atoms with Crippen molar-refractivity contribution >= 4 is 0 Å². The summed E-state index contributed by atoms with van der Waals surface area (Å²) < 4.78 is 5.41. The highest BCUT2D eigenvalue weighted by molar-refractivity contribution is 5.24. The zero-order chi connectivity index (χ0) is 12.3. The maximum atomic E-state index is 5.41. The van der Waals surface area contributed by atoms with E-state index < -0.39 is 0 Å². The van der Waals surface area contributed by atoms with Crippen molar-refractivity contribution in [3.63, 3.8) is 0 Å². The predicted octanol–water partition coefficient (Wildman–Crippen LogP) is 2.54. The third-order valence-corrected chi connectivity index (χ3v) is 2.78. The Balaban J connectivity index is 1.98. The molecule has 0 saturated carbocycles. The first-order valence-corrected chi connectivity index (χ1v) is 5.72. The minimum absolute atomic E-state index is 0.267. The van der Waals surface area contributed by atoms with Gasteiger partial charge in [-0.05, 0) is 31.0 Å². The molecule has 0 spiro atoms. The minimum atomic E-state index is 0.267. The Kier molecular flexibility index (Phi) is 3.54. The molecule has 1 unspecified atom stereocenters. The molecule has 0 aliphatic rings. The molecular formula is C13H17N3O. The van der Waals surface area contributed by atoms with Gasteiger partial charge < -0.3 is 9.73 Å². The lowest BCUT2D eigenvalue weighted by molar-refractivity contribution is 0.439. The van der Waals surface area contributed by atoms with Crippen molar-refractivity contribution in [2.45, 2.75) is 33.4 Å². The molecule has 1 atom stereocenters. The Morgan fingerprint density at radius 2 is 2.18 bits per heavy atom. The molecule has 0 amide bonds. The van der Waals surface area contributed by atoms with Crippen LogP contribution < -0.4 is 5.32 Å². The Morgan fingerprint density at radius 3 is 2.82 bits per heavy atom. The molecule has 2 heterocycles. The minimum Gasteiger partial charge on any atom is -0.445 e. The summed E-state index contributed by atoms with van der Waals surface area (Å²) in [6.07, 6.45) is 5.46. The highest BCUT2D eigenvalue weighted by Crippen LogP contribution is 2.16. The Labute approximate surface area is 101 Å². The van der Waals surface area contributed by atoms with Gasteiger partial charge in [0.15, 0.2) is 5.89 Å². The van der Waals surface area contributed by atoms with Crippen LogP contribution in [0.5, 0.6) is 0 Å². The van der Waals surface area contributed by atoms with Crippen LogP contribution in [0, 0.1) is 13.8 Å². The van der Waals surface area contributed by atoms with Gasteiger partial charge in [0.25, 0.3) is 0 Å². The van der Waals surface area contributed by atoms with E-state index >= 15 is 0 Å². The fourth-order valence-electron chi connectivity index (χ4n) is 1.82. The van der Waals surface area contributed by atoms with Gasteiger partial charge in [-0.1, -0.05) is 0 Å². The highest BCUT2D eigenvalue weighted by Gasteiger charge is 2.08. The molecule has 0 aliphatic heterocycles. The van der Waals surface area contributed by atoms with E-state index in [0.717, 1.165) is 5.76 Å². The van der Waals surface area contributed by atoms with Crippen LogP contribution in [0.2, 0.25) is 0 Å². The van der Waals surface area contributed by atoms with Gasteiger partial charge in [0.1, 0.15) is 5.76 Å². The van der Waals surface area contributed by atoms with Crippen molar-refractivity contribution in [1.29, 1.82) is 0 Å². The maximum Gasteiger partial charge on any atom is 0.191 e. The molecule has 2 rings (SSSR count). The second kappa shape index (κ2) is 5.10. The van der Waals surface area contributed by atoms with E-state index in [1.54, 1.807) is 6.20 Å². The van der Waals surface area contributed by atoms with Gasteiger partial charge in [-0.2, -0.15) is 0 Å². The second-order valence-electron chi connectivity index (χ2n) is 4.18. The van der Waals surface area contributed by atoms with Gasteiger partial charge in [0.2, 0.25) is 0 Å². The van der Waals surface area contributed by atoms with Crippen LogP contribution in [-0.4, -0.2) is 9.97 Å². The van der Waals surface area contributed by atoms with Gasteiger partial charge in [-0.15, -0.1) is 0 Å². The molecule has 0 radical (unpaired) electrons. The van der Waals surface area contributed by atoms with Crippen LogP contribution in [0.4, 0.5) is 0 Å². The predicted molar refractivity (Wildman–Crippen MR) is 65.5 cm³/mol. The number of rotatable bonds is 4. The van der Waals surface area contributed by atoms with Gasteiger partial charge >= 0.3 is 0 Å². The van der Waals surface area contributed by atoms with E-state index in [0.29, 0.717) is 12.4 Å². The molecule has 4 heteroatoms. The lowest BCUT2D eigenvalue weighted by Crippen LogP contribution is -2.18. The molecule has 2 aromatic heterocycles. The van der Waals surface area contributed by atoms with Crippen molar-refractivity contribution in [1.82, 2.24) is 15.3 Å². The number of pyridine rings is 1. The van der Waals surface area contributed by atoms with Crippen molar-refractivity contribution in [2.75, 3.05) is 0 Å². The van der Waals surface area contributed by atoms with Crippen LogP contribution >= 0.6 is 0 Å². The average molecular weight is 231 g/mol. The van der Waals surface area contributed by atoms with E-state index in [-0.39, 0.29) is 6.04 Å². The topological polar surface area (TPSA) is 51.0 Å². The van der Waals surface area contributed by atoms with E-state index in [9.17, 15) is 0 Å². The third kappa shape index (κ3) is 2.91. The van der Waals surface area contributed by atoms with Crippen molar-refractivity contribution in [3.8, 4) is 0 Å². The SMILES string of the molecule is Cc1ncc(CNC(C)c2ccncc2C)o1. The molecule has 0 saturated heterocycles. The first-order valence-electron chi connectivity index (χ1n) is 5.72. The summed E-state index contributed by atoms with van der Waals surface area (Å²) in [6, 6.07) is 2.31. The molecule has 0 aromatic carbocycles. The highest BCUT2D eigenvalue weighted by atomic mass is 16.4. The molecular weight excluding hydrogens is 214 g/mol. The number of nitrogens with zero attached hydrogens (tertiary/aromatic N) is 2. The Morgan fingerprint density at radius 1 is 1.35 bits per heavy atom. The molecule has 17 heavy (non-hydrogen) atoms. The van der Waals surface area contributed by atoms with E-state index in [4.69, 9.17) is 4.42 Å². The number of aryl methyl sites for hydroxylation is 2. The maximum absolute atomic E-state index is 5.41. The summed E-state index contributed by atoms with van der Waals surface area (Å²) in [6.45, 7) is 6.73. The van der Waals surface area contributed by atoms with Crippen LogP contribution in [0.3, 0.4) is 0 Å². The first-order chi connectivity index (χ1) is 8.16. The van der Waals surface area contributed by atoms with Crippen LogP contribution in [0.15, 0.2) is 29.1 Å². The standard InChI is InChI=1S/C13H17N3O/c1-9-6-14-5-4-13(9)10(2)15-7-12-8-16-11(3)17-12/h4-6,8,10,15H,7H2,1-3H3. The smallest absolute Gasteiger partial charge is 0.191 e. The summed E-state index contributed by atoms with van der Waals surface area (Å²) in [7, 11) is 0. The Bertz CT molecular complexity index is 493. The number of hydrogen-bond acceptors (Lipinski definition) is 4. The van der Waals surface area contributed by atoms with Crippen LogP contribution in [0.1, 0.15) is 35.7 Å². The van der Waals surface area contributed by atoms with Gasteiger partial charge in [-0.25, -0.2) is 4.98 Å². The van der Waals surface area contributed by atoms with Gasteiger partial charge in [0.05, 0.1) is 12.7 Å². The molecule has 0 bridgehead atoms. The van der Waals surface area contributed by atoms with Crippen LogP contribution in [0.25, 0.3) is 0 Å². The first kappa shape index (κ1) is 11.8. The normalized spacial score (nSPS) is 12.6. The third-order valence-electron chi connectivity index (χ3n) is 2.78. The van der Waals surface area contributed by atoms with Gasteiger partial charge in [-0.3, -0.25) is 4.98 Å². The number of hydrogen-bond donors (Lipinski definition) is 1. The van der Waals surface area contributed by atoms with Crippen molar-refractivity contribution in [2.24, 2.45) is 0 Å². The van der Waals surface area contributed by atoms with Gasteiger partial charge in [0, 0.05) is 25.4 Å². The second-order valence-corrected chi connectivity index (χ2v) is 4.18. The molecule has 4 nitrogen and oxygen atoms in total. The van der Waals surface area contributed by atoms with E-state index in [1.165, 1.54) is 11.1 Å². The average Bonchev–Trinajstić information content (AvgIpc) is 2.73. The van der Waals surface area contributed by atoms with E-state index in [2.05, 4.69) is 29.1 Å². The monoisotopic (exact) mass is 231 g/mol. The number of aromatic nitrogens is 2. The fraction of sp³-hybridized carbons (Fsp3) is 0.385. The zero-order valence-electron chi connectivity index (χ0n) is 10.4. The lowest BCUT2D eigenvalue weighted by atomic mass is 10.1. The number of oxazole rings is 1.